The summed E-state index contributed by atoms with van der Waals surface area (Å²) in [7, 11) is 0. The summed E-state index contributed by atoms with van der Waals surface area (Å²) in [6.45, 7) is 13.6. The molecule has 1 rings (SSSR count). The number of nitrogens with one attached hydrogen (secondary N) is 1. The van der Waals surface area contributed by atoms with Crippen LogP contribution >= 0.6 is 0 Å². The van der Waals surface area contributed by atoms with Crippen LogP contribution in [-0.4, -0.2) is 54.6 Å². The molecule has 112 valence electrons. The molecule has 0 aromatic heterocycles. The molecule has 1 N–H and O–H groups in total. The van der Waals surface area contributed by atoms with Crippen LogP contribution in [0, 0.1) is 5.92 Å². The minimum atomic E-state index is 0.124. The highest BCUT2D eigenvalue weighted by molar-refractivity contribution is 5.74. The van der Waals surface area contributed by atoms with Gasteiger partial charge in [0.2, 0.25) is 0 Å². The molecule has 1 unspecified atom stereocenters. The number of carbonyl (C=O) groups excluding carboxylic acids is 1. The van der Waals surface area contributed by atoms with E-state index in [0.717, 1.165) is 52.0 Å². The van der Waals surface area contributed by atoms with Crippen LogP contribution in [0.2, 0.25) is 0 Å². The molecule has 0 spiro atoms. The van der Waals surface area contributed by atoms with E-state index in [1.54, 1.807) is 0 Å². The van der Waals surface area contributed by atoms with Gasteiger partial charge in [-0.3, -0.25) is 4.90 Å². The minimum Gasteiger partial charge on any atom is -0.336 e. The number of likely N-dealkylation sites (N-methyl/N-ethyl adjacent to an activating group) is 1. The summed E-state index contributed by atoms with van der Waals surface area (Å²) in [5.41, 5.74) is 0. The predicted molar refractivity (Wildman–Crippen MR) is 80.4 cm³/mol. The Morgan fingerprint density at radius 3 is 2.26 bits per heavy atom. The Morgan fingerprint density at radius 2 is 1.79 bits per heavy atom. The largest absolute Gasteiger partial charge is 0.336 e. The van der Waals surface area contributed by atoms with E-state index in [2.05, 4.69) is 37.9 Å². The molecular weight excluding hydrogens is 238 g/mol. The highest BCUT2D eigenvalue weighted by atomic mass is 16.2. The van der Waals surface area contributed by atoms with Crippen molar-refractivity contribution in [3.05, 3.63) is 0 Å². The van der Waals surface area contributed by atoms with Crippen LogP contribution in [0.4, 0.5) is 4.79 Å². The van der Waals surface area contributed by atoms with Gasteiger partial charge >= 0.3 is 6.03 Å². The molecular formula is C15H31N3O. The molecule has 0 bridgehead atoms. The number of hydrogen-bond donors (Lipinski definition) is 1. The number of carbonyl (C=O) groups is 1. The fourth-order valence-electron chi connectivity index (χ4n) is 2.88. The van der Waals surface area contributed by atoms with Gasteiger partial charge in [0.25, 0.3) is 0 Å². The molecule has 1 heterocycles. The maximum Gasteiger partial charge on any atom is 0.317 e. The van der Waals surface area contributed by atoms with E-state index in [4.69, 9.17) is 0 Å². The molecule has 1 aliphatic heterocycles. The van der Waals surface area contributed by atoms with Crippen molar-refractivity contribution in [2.45, 2.75) is 53.0 Å². The predicted octanol–water partition coefficient (Wildman–Crippen LogP) is 2.55. The second kappa shape index (κ2) is 8.41. The normalized spacial score (nSPS) is 17.3. The summed E-state index contributed by atoms with van der Waals surface area (Å²) >= 11 is 0. The highest BCUT2D eigenvalue weighted by Crippen LogP contribution is 2.12. The van der Waals surface area contributed by atoms with Gasteiger partial charge in [-0.25, -0.2) is 4.79 Å². The number of amides is 2. The molecule has 4 heteroatoms. The lowest BCUT2D eigenvalue weighted by Gasteiger charge is -2.31. The first-order valence-electron chi connectivity index (χ1n) is 7.85. The molecule has 19 heavy (non-hydrogen) atoms. The third kappa shape index (κ3) is 5.39. The topological polar surface area (TPSA) is 35.6 Å². The maximum absolute atomic E-state index is 12.0. The Morgan fingerprint density at radius 1 is 1.21 bits per heavy atom. The molecule has 2 amide bonds. The van der Waals surface area contributed by atoms with E-state index in [9.17, 15) is 4.79 Å². The summed E-state index contributed by atoms with van der Waals surface area (Å²) in [6.07, 6.45) is 3.44. The van der Waals surface area contributed by atoms with Gasteiger partial charge in [-0.15, -0.1) is 0 Å². The molecule has 4 nitrogen and oxygen atoms in total. The van der Waals surface area contributed by atoms with Gasteiger partial charge < -0.3 is 10.2 Å². The molecule has 0 aliphatic carbocycles. The van der Waals surface area contributed by atoms with Crippen molar-refractivity contribution in [3.63, 3.8) is 0 Å². The first kappa shape index (κ1) is 16.3. The lowest BCUT2D eigenvalue weighted by atomic mass is 10.0. The van der Waals surface area contributed by atoms with Crippen LogP contribution in [0.3, 0.4) is 0 Å². The lowest BCUT2D eigenvalue weighted by molar-refractivity contribution is 0.175. The van der Waals surface area contributed by atoms with Gasteiger partial charge in [0, 0.05) is 25.7 Å². The van der Waals surface area contributed by atoms with Crippen molar-refractivity contribution in [2.75, 3.05) is 32.7 Å². The van der Waals surface area contributed by atoms with Crippen molar-refractivity contribution < 1.29 is 4.79 Å². The van der Waals surface area contributed by atoms with Gasteiger partial charge in [-0.05, 0) is 38.3 Å². The fourth-order valence-corrected chi connectivity index (χ4v) is 2.88. The van der Waals surface area contributed by atoms with Crippen LogP contribution in [-0.2, 0) is 0 Å². The van der Waals surface area contributed by atoms with E-state index in [0.29, 0.717) is 12.0 Å². The maximum atomic E-state index is 12.0. The van der Waals surface area contributed by atoms with E-state index in [-0.39, 0.29) is 6.03 Å². The Labute approximate surface area is 118 Å². The second-order valence-electron chi connectivity index (χ2n) is 5.88. The van der Waals surface area contributed by atoms with Gasteiger partial charge in [-0.1, -0.05) is 27.7 Å². The summed E-state index contributed by atoms with van der Waals surface area (Å²) in [4.78, 5) is 16.4. The molecule has 0 saturated carbocycles. The highest BCUT2D eigenvalue weighted by Gasteiger charge is 2.21. The first-order chi connectivity index (χ1) is 9.08. The van der Waals surface area contributed by atoms with Gasteiger partial charge in [-0.2, -0.15) is 0 Å². The third-order valence-corrected chi connectivity index (χ3v) is 3.95. The molecule has 0 radical (unpaired) electrons. The number of nitrogens with zero attached hydrogens (tertiary/aromatic N) is 2. The van der Waals surface area contributed by atoms with Crippen LogP contribution < -0.4 is 5.32 Å². The van der Waals surface area contributed by atoms with Gasteiger partial charge in [0.15, 0.2) is 0 Å². The Balaban J connectivity index is 2.44. The number of likely N-dealkylation sites (tertiary alicyclic amines) is 1. The second-order valence-corrected chi connectivity index (χ2v) is 5.88. The lowest BCUT2D eigenvalue weighted by Crippen LogP contribution is -2.47. The summed E-state index contributed by atoms with van der Waals surface area (Å²) in [6, 6.07) is 0.583. The molecule has 1 atom stereocenters. The molecule has 0 aromatic rings. The van der Waals surface area contributed by atoms with Crippen LogP contribution in [0.25, 0.3) is 0 Å². The smallest absolute Gasteiger partial charge is 0.317 e. The molecule has 0 aromatic carbocycles. The summed E-state index contributed by atoms with van der Waals surface area (Å²) in [5, 5.41) is 3.12. The Kier molecular flexibility index (Phi) is 7.21. The van der Waals surface area contributed by atoms with E-state index < -0.39 is 0 Å². The average Bonchev–Trinajstić information content (AvgIpc) is 2.90. The van der Waals surface area contributed by atoms with Crippen LogP contribution in [0.15, 0.2) is 0 Å². The zero-order valence-corrected chi connectivity index (χ0v) is 13.1. The Hall–Kier alpha value is -0.770. The van der Waals surface area contributed by atoms with E-state index in [1.165, 1.54) is 0 Å². The number of hydrogen-bond acceptors (Lipinski definition) is 2. The zero-order chi connectivity index (χ0) is 14.3. The van der Waals surface area contributed by atoms with Crippen LogP contribution in [0.1, 0.15) is 47.0 Å². The quantitative estimate of drug-likeness (QED) is 0.771. The monoisotopic (exact) mass is 269 g/mol. The van der Waals surface area contributed by atoms with Crippen molar-refractivity contribution in [2.24, 2.45) is 5.92 Å². The third-order valence-electron chi connectivity index (χ3n) is 3.95. The number of rotatable bonds is 7. The van der Waals surface area contributed by atoms with Crippen molar-refractivity contribution in [1.29, 1.82) is 0 Å². The Bertz CT molecular complexity index is 258. The minimum absolute atomic E-state index is 0.124. The average molecular weight is 269 g/mol. The standard InChI is InChI=1S/C15H31N3O/c1-5-17(6-2)14(11-13(3)4)12-16-15(19)18-9-7-8-10-18/h13-14H,5-12H2,1-4H3,(H,16,19). The molecule has 1 saturated heterocycles. The molecule has 1 fully saturated rings. The fraction of sp³-hybridized carbons (Fsp3) is 0.933. The van der Waals surface area contributed by atoms with Gasteiger partial charge in [0.1, 0.15) is 0 Å². The van der Waals surface area contributed by atoms with Crippen molar-refractivity contribution in [3.8, 4) is 0 Å². The summed E-state index contributed by atoms with van der Waals surface area (Å²) < 4.78 is 0. The van der Waals surface area contributed by atoms with Crippen LogP contribution in [0.5, 0.6) is 0 Å². The van der Waals surface area contributed by atoms with E-state index in [1.807, 2.05) is 4.90 Å². The van der Waals surface area contributed by atoms with Gasteiger partial charge in [0.05, 0.1) is 0 Å². The SMILES string of the molecule is CCN(CC)C(CNC(=O)N1CCCC1)CC(C)C. The summed E-state index contributed by atoms with van der Waals surface area (Å²) in [5.74, 6) is 0.661. The molecule has 1 aliphatic rings. The van der Waals surface area contributed by atoms with Crippen molar-refractivity contribution >= 4 is 6.03 Å². The van der Waals surface area contributed by atoms with Crippen molar-refractivity contribution in [1.82, 2.24) is 15.1 Å². The number of urea groups is 1. The van der Waals surface area contributed by atoms with E-state index >= 15 is 0 Å². The zero-order valence-electron chi connectivity index (χ0n) is 13.1. The first-order valence-corrected chi connectivity index (χ1v) is 7.85.